The van der Waals surface area contributed by atoms with Crippen LogP contribution < -0.4 is 18.9 Å². The molecule has 0 saturated carbocycles. The van der Waals surface area contributed by atoms with E-state index in [1.165, 1.54) is 13.2 Å². The normalized spacial score (nSPS) is 13.6. The van der Waals surface area contributed by atoms with Gasteiger partial charge < -0.3 is 14.2 Å². The fourth-order valence-corrected chi connectivity index (χ4v) is 3.51. The van der Waals surface area contributed by atoms with Crippen LogP contribution >= 0.6 is 0 Å². The second-order valence-electron chi connectivity index (χ2n) is 5.10. The zero-order chi connectivity index (χ0) is 17.2. The summed E-state index contributed by atoms with van der Waals surface area (Å²) >= 11 is 0. The first-order valence-electron chi connectivity index (χ1n) is 7.21. The third-order valence-corrected chi connectivity index (χ3v) is 4.91. The molecule has 128 valence electrons. The standard InChI is InChI=1S/C16H16FNO5S/c1-21-14-5-3-12(17)9-16(14)24(19,20)18-10-11-2-4-13-15(8-11)23-7-6-22-13/h2-5,8-9,18H,6-7,10H2,1H3. The van der Waals surface area contributed by atoms with Crippen LogP contribution in [-0.2, 0) is 16.6 Å². The molecule has 6 nitrogen and oxygen atoms in total. The third kappa shape index (κ3) is 3.44. The van der Waals surface area contributed by atoms with Gasteiger partial charge in [-0.05, 0) is 35.9 Å². The predicted molar refractivity (Wildman–Crippen MR) is 84.4 cm³/mol. The van der Waals surface area contributed by atoms with E-state index in [2.05, 4.69) is 4.72 Å². The molecule has 0 saturated heterocycles. The van der Waals surface area contributed by atoms with Crippen molar-refractivity contribution >= 4 is 10.0 Å². The van der Waals surface area contributed by atoms with Gasteiger partial charge in [0, 0.05) is 6.54 Å². The lowest BCUT2D eigenvalue weighted by molar-refractivity contribution is 0.171. The minimum absolute atomic E-state index is 0.0264. The number of ether oxygens (including phenoxy) is 3. The van der Waals surface area contributed by atoms with E-state index in [0.717, 1.165) is 12.1 Å². The van der Waals surface area contributed by atoms with E-state index in [1.54, 1.807) is 18.2 Å². The average molecular weight is 353 g/mol. The molecule has 1 aliphatic rings. The molecule has 0 spiro atoms. The molecular formula is C16H16FNO5S. The van der Waals surface area contributed by atoms with Gasteiger partial charge >= 0.3 is 0 Å². The molecule has 1 N–H and O–H groups in total. The highest BCUT2D eigenvalue weighted by Gasteiger charge is 2.20. The summed E-state index contributed by atoms with van der Waals surface area (Å²) in [5, 5.41) is 0. The van der Waals surface area contributed by atoms with Gasteiger partial charge in [-0.3, -0.25) is 0 Å². The SMILES string of the molecule is COc1ccc(F)cc1S(=O)(=O)NCc1ccc2c(c1)OCCO2. The highest BCUT2D eigenvalue weighted by Crippen LogP contribution is 2.31. The van der Waals surface area contributed by atoms with Crippen molar-refractivity contribution in [2.75, 3.05) is 20.3 Å². The minimum Gasteiger partial charge on any atom is -0.495 e. The molecule has 24 heavy (non-hydrogen) atoms. The number of fused-ring (bicyclic) bond motifs is 1. The zero-order valence-corrected chi connectivity index (χ0v) is 13.7. The second-order valence-corrected chi connectivity index (χ2v) is 6.83. The van der Waals surface area contributed by atoms with Crippen molar-refractivity contribution in [1.29, 1.82) is 0 Å². The Labute approximate surface area is 139 Å². The zero-order valence-electron chi connectivity index (χ0n) is 12.9. The number of halogens is 1. The summed E-state index contributed by atoms with van der Waals surface area (Å²) < 4.78 is 56.5. The van der Waals surface area contributed by atoms with Gasteiger partial charge in [0.15, 0.2) is 11.5 Å². The first kappa shape index (κ1) is 16.5. The van der Waals surface area contributed by atoms with E-state index in [0.29, 0.717) is 30.3 Å². The van der Waals surface area contributed by atoms with E-state index >= 15 is 0 Å². The molecule has 1 heterocycles. The molecule has 0 aromatic heterocycles. The first-order valence-corrected chi connectivity index (χ1v) is 8.69. The quantitative estimate of drug-likeness (QED) is 0.891. The van der Waals surface area contributed by atoms with Crippen LogP contribution in [0.3, 0.4) is 0 Å². The maximum Gasteiger partial charge on any atom is 0.244 e. The van der Waals surface area contributed by atoms with Crippen LogP contribution in [0, 0.1) is 5.82 Å². The van der Waals surface area contributed by atoms with Gasteiger partial charge in [0.2, 0.25) is 10.0 Å². The Kier molecular flexibility index (Phi) is 4.59. The Hall–Kier alpha value is -2.32. The predicted octanol–water partition coefficient (Wildman–Crippen LogP) is 2.08. The van der Waals surface area contributed by atoms with Gasteiger partial charge in [-0.25, -0.2) is 17.5 Å². The lowest BCUT2D eigenvalue weighted by Gasteiger charge is -2.19. The van der Waals surface area contributed by atoms with Crippen molar-refractivity contribution in [3.05, 3.63) is 47.8 Å². The molecule has 0 atom stereocenters. The minimum atomic E-state index is -3.93. The number of benzene rings is 2. The molecule has 1 aliphatic heterocycles. The summed E-state index contributed by atoms with van der Waals surface area (Å²) in [4.78, 5) is -0.248. The van der Waals surface area contributed by atoms with E-state index < -0.39 is 15.8 Å². The summed E-state index contributed by atoms with van der Waals surface area (Å²) in [6.07, 6.45) is 0. The van der Waals surface area contributed by atoms with Gasteiger partial charge in [0.05, 0.1) is 7.11 Å². The van der Waals surface area contributed by atoms with Crippen LogP contribution in [0.25, 0.3) is 0 Å². The number of hydrogen-bond acceptors (Lipinski definition) is 5. The van der Waals surface area contributed by atoms with Crippen molar-refractivity contribution in [2.45, 2.75) is 11.4 Å². The van der Waals surface area contributed by atoms with E-state index in [9.17, 15) is 12.8 Å². The molecule has 8 heteroatoms. The fraction of sp³-hybridized carbons (Fsp3) is 0.250. The van der Waals surface area contributed by atoms with E-state index in [1.807, 2.05) is 0 Å². The van der Waals surface area contributed by atoms with Gasteiger partial charge in [0.1, 0.15) is 29.7 Å². The number of hydrogen-bond donors (Lipinski definition) is 1. The Bertz CT molecular complexity index is 854. The monoisotopic (exact) mass is 353 g/mol. The Morgan fingerprint density at radius 2 is 1.88 bits per heavy atom. The molecule has 0 aliphatic carbocycles. The van der Waals surface area contributed by atoms with Crippen LogP contribution in [0.5, 0.6) is 17.2 Å². The van der Waals surface area contributed by atoms with Crippen molar-refractivity contribution in [2.24, 2.45) is 0 Å². The van der Waals surface area contributed by atoms with Crippen LogP contribution in [0.1, 0.15) is 5.56 Å². The van der Waals surface area contributed by atoms with Crippen LogP contribution in [0.15, 0.2) is 41.3 Å². The smallest absolute Gasteiger partial charge is 0.244 e. The summed E-state index contributed by atoms with van der Waals surface area (Å²) in [6, 6.07) is 8.50. The van der Waals surface area contributed by atoms with Gasteiger partial charge in [-0.15, -0.1) is 0 Å². The summed E-state index contributed by atoms with van der Waals surface area (Å²) in [6.45, 7) is 0.958. The van der Waals surface area contributed by atoms with Crippen molar-refractivity contribution < 1.29 is 27.0 Å². The largest absolute Gasteiger partial charge is 0.495 e. The molecule has 3 rings (SSSR count). The Morgan fingerprint density at radius 1 is 1.12 bits per heavy atom. The van der Waals surface area contributed by atoms with Crippen LogP contribution in [0.2, 0.25) is 0 Å². The topological polar surface area (TPSA) is 73.9 Å². The lowest BCUT2D eigenvalue weighted by atomic mass is 10.2. The first-order chi connectivity index (χ1) is 11.5. The summed E-state index contributed by atoms with van der Waals surface area (Å²) in [5.41, 5.74) is 0.693. The molecular weight excluding hydrogens is 337 g/mol. The van der Waals surface area contributed by atoms with Gasteiger partial charge in [-0.2, -0.15) is 0 Å². The Balaban J connectivity index is 1.79. The van der Waals surface area contributed by atoms with E-state index in [4.69, 9.17) is 14.2 Å². The number of rotatable bonds is 5. The maximum absolute atomic E-state index is 13.4. The highest BCUT2D eigenvalue weighted by atomic mass is 32.2. The van der Waals surface area contributed by atoms with Gasteiger partial charge in [0.25, 0.3) is 0 Å². The molecule has 0 radical (unpaired) electrons. The van der Waals surface area contributed by atoms with Gasteiger partial charge in [-0.1, -0.05) is 6.07 Å². The molecule has 0 amide bonds. The van der Waals surface area contributed by atoms with Crippen molar-refractivity contribution in [1.82, 2.24) is 4.72 Å². The lowest BCUT2D eigenvalue weighted by Crippen LogP contribution is -2.24. The molecule has 2 aromatic carbocycles. The number of sulfonamides is 1. The van der Waals surface area contributed by atoms with E-state index in [-0.39, 0.29) is 17.2 Å². The van der Waals surface area contributed by atoms with Crippen molar-refractivity contribution in [3.63, 3.8) is 0 Å². The Morgan fingerprint density at radius 3 is 2.62 bits per heavy atom. The van der Waals surface area contributed by atoms with Crippen LogP contribution in [-0.4, -0.2) is 28.7 Å². The summed E-state index contributed by atoms with van der Waals surface area (Å²) in [7, 11) is -2.61. The molecule has 0 fully saturated rings. The molecule has 0 unspecified atom stereocenters. The third-order valence-electron chi connectivity index (χ3n) is 3.49. The second kappa shape index (κ2) is 6.66. The fourth-order valence-electron chi connectivity index (χ4n) is 2.31. The number of methoxy groups -OCH3 is 1. The number of nitrogens with one attached hydrogen (secondary N) is 1. The van der Waals surface area contributed by atoms with Crippen LogP contribution in [0.4, 0.5) is 4.39 Å². The molecule has 2 aromatic rings. The average Bonchev–Trinajstić information content (AvgIpc) is 2.60. The van der Waals surface area contributed by atoms with Crippen molar-refractivity contribution in [3.8, 4) is 17.2 Å². The maximum atomic E-state index is 13.4. The highest BCUT2D eigenvalue weighted by molar-refractivity contribution is 7.89. The molecule has 0 bridgehead atoms. The summed E-state index contributed by atoms with van der Waals surface area (Å²) in [5.74, 6) is 0.613.